The highest BCUT2D eigenvalue weighted by molar-refractivity contribution is 7.93. The van der Waals surface area contributed by atoms with Crippen LogP contribution in [0.3, 0.4) is 0 Å². The molecule has 2 aromatic carbocycles. The zero-order chi connectivity index (χ0) is 25.2. The summed E-state index contributed by atoms with van der Waals surface area (Å²) in [7, 11) is 6.13. The maximum absolute atomic E-state index is 12.8. The van der Waals surface area contributed by atoms with Crippen LogP contribution in [-0.2, 0) is 28.3 Å². The Morgan fingerprint density at radius 2 is 1.54 bits per heavy atom. The Morgan fingerprint density at radius 1 is 0.886 bits per heavy atom. The van der Waals surface area contributed by atoms with Crippen molar-refractivity contribution in [3.05, 3.63) is 77.5 Å². The molecule has 8 nitrogen and oxygen atoms in total. The normalized spacial score (nSPS) is 11.7. The van der Waals surface area contributed by atoms with Gasteiger partial charge in [0.25, 0.3) is 0 Å². The average Bonchev–Trinajstić information content (AvgIpc) is 2.87. The van der Waals surface area contributed by atoms with Crippen LogP contribution in [0.2, 0.25) is 0 Å². The Balaban J connectivity index is 1.73. The fourth-order valence-corrected chi connectivity index (χ4v) is 4.18. The third-order valence-electron chi connectivity index (χ3n) is 4.99. The van der Waals surface area contributed by atoms with Crippen molar-refractivity contribution in [1.82, 2.24) is 0 Å². The minimum Gasteiger partial charge on any atom is -0.612 e. The van der Waals surface area contributed by atoms with Crippen molar-refractivity contribution in [1.29, 1.82) is 0 Å². The Bertz CT molecular complexity index is 1140. The smallest absolute Gasteiger partial charge is 0.378 e. The number of carbonyl (C=O) groups excluding carboxylic acids is 1. The Morgan fingerprint density at radius 3 is 2.14 bits per heavy atom. The first kappa shape index (κ1) is 25.9. The molecule has 0 radical (unpaired) electrons. The van der Waals surface area contributed by atoms with Gasteiger partial charge in [-0.05, 0) is 23.3 Å². The third kappa shape index (κ3) is 7.14. The topological polar surface area (TPSA) is 90.2 Å². The van der Waals surface area contributed by atoms with E-state index in [1.54, 1.807) is 80.1 Å². The predicted molar refractivity (Wildman–Crippen MR) is 132 cm³/mol. The molecule has 0 saturated carbocycles. The van der Waals surface area contributed by atoms with Crippen molar-refractivity contribution in [2.24, 2.45) is 0 Å². The Hall–Kier alpha value is -3.69. The maximum Gasteiger partial charge on any atom is 0.378 e. The van der Waals surface area contributed by atoms with Gasteiger partial charge in [0, 0.05) is 35.9 Å². The molecule has 9 heteroatoms. The summed E-state index contributed by atoms with van der Waals surface area (Å²) in [5.74, 6) is 2.09. The van der Waals surface area contributed by atoms with E-state index in [4.69, 9.17) is 23.7 Å². The van der Waals surface area contributed by atoms with E-state index in [-0.39, 0.29) is 18.0 Å². The monoisotopic (exact) mass is 498 g/mol. The van der Waals surface area contributed by atoms with Crippen LogP contribution in [0.15, 0.2) is 66.3 Å². The van der Waals surface area contributed by atoms with Gasteiger partial charge in [-0.3, -0.25) is 0 Å². The van der Waals surface area contributed by atoms with Crippen molar-refractivity contribution < 1.29 is 37.6 Å². The summed E-state index contributed by atoms with van der Waals surface area (Å²) in [6.45, 7) is 0.0500. The molecule has 1 unspecified atom stereocenters. The summed E-state index contributed by atoms with van der Waals surface area (Å²) in [6.07, 6.45) is 5.24. The molecule has 0 aliphatic heterocycles. The molecule has 35 heavy (non-hydrogen) atoms. The van der Waals surface area contributed by atoms with Crippen LogP contribution in [0.25, 0.3) is 6.08 Å². The number of methoxy groups -OCH3 is 4. The Labute approximate surface area is 207 Å². The molecule has 0 saturated heterocycles. The zero-order valence-electron chi connectivity index (χ0n) is 20.1. The number of pyridine rings is 1. The van der Waals surface area contributed by atoms with Crippen LogP contribution >= 0.6 is 0 Å². The standard InChI is InChI=1S/C26H28NO7S/c1-30-20-15-23(32-3)21(24(16-20)33-4)10-13-35(29)18-19-8-9-22(31-2)25(14-19)34-26(28)17-27-11-6-5-7-12-27/h5-16H,17-18H2,1-4H3/q+1/b13-10+. The molecule has 0 amide bonds. The molecule has 1 aromatic heterocycles. The van der Waals surface area contributed by atoms with Crippen molar-refractivity contribution in [3.8, 4) is 28.7 Å². The van der Waals surface area contributed by atoms with Crippen LogP contribution in [0.5, 0.6) is 28.7 Å². The van der Waals surface area contributed by atoms with Crippen LogP contribution in [-0.4, -0.2) is 39.0 Å². The van der Waals surface area contributed by atoms with Crippen molar-refractivity contribution in [2.75, 3.05) is 28.4 Å². The highest BCUT2D eigenvalue weighted by atomic mass is 32.2. The quantitative estimate of drug-likeness (QED) is 0.173. The molecular formula is C26H28NO7S+. The average molecular weight is 499 g/mol. The minimum absolute atomic E-state index is 0.0500. The minimum atomic E-state index is -1.37. The predicted octanol–water partition coefficient (Wildman–Crippen LogP) is 3.53. The van der Waals surface area contributed by atoms with E-state index < -0.39 is 17.1 Å². The number of esters is 1. The number of nitrogens with zero attached hydrogens (tertiary/aromatic N) is 1. The van der Waals surface area contributed by atoms with Gasteiger partial charge in [-0.1, -0.05) is 12.1 Å². The second-order valence-corrected chi connectivity index (χ2v) is 8.60. The molecule has 3 aromatic rings. The van der Waals surface area contributed by atoms with Gasteiger partial charge in [-0.25, -0.2) is 4.79 Å². The SMILES string of the molecule is COc1cc(OC)c(/C=C/[S+]([O-])Cc2ccc(OC)c(OC(=O)C[n+]3ccccc3)c2)c(OC)c1. The van der Waals surface area contributed by atoms with Crippen molar-refractivity contribution >= 4 is 23.2 Å². The van der Waals surface area contributed by atoms with Crippen LogP contribution in [0.4, 0.5) is 0 Å². The largest absolute Gasteiger partial charge is 0.612 e. The van der Waals surface area contributed by atoms with E-state index in [0.717, 1.165) is 5.56 Å². The molecule has 0 fully saturated rings. The number of rotatable bonds is 11. The summed E-state index contributed by atoms with van der Waals surface area (Å²) >= 11 is -1.37. The molecule has 0 aliphatic carbocycles. The number of carbonyl (C=O) groups is 1. The number of ether oxygens (including phenoxy) is 5. The third-order valence-corrected chi connectivity index (χ3v) is 6.05. The van der Waals surface area contributed by atoms with Crippen LogP contribution < -0.4 is 28.3 Å². The van der Waals surface area contributed by atoms with Gasteiger partial charge in [0.15, 0.2) is 23.9 Å². The van der Waals surface area contributed by atoms with Crippen LogP contribution in [0, 0.1) is 0 Å². The highest BCUT2D eigenvalue weighted by Crippen LogP contribution is 2.35. The molecular weight excluding hydrogens is 470 g/mol. The molecule has 1 atom stereocenters. The summed E-state index contributed by atoms with van der Waals surface area (Å²) in [6, 6.07) is 14.1. The first-order valence-electron chi connectivity index (χ1n) is 10.6. The van der Waals surface area contributed by atoms with Gasteiger partial charge < -0.3 is 28.2 Å². The van der Waals surface area contributed by atoms with Gasteiger partial charge in [0.2, 0.25) is 6.54 Å². The van der Waals surface area contributed by atoms with Crippen molar-refractivity contribution in [2.45, 2.75) is 12.3 Å². The summed E-state index contributed by atoms with van der Waals surface area (Å²) in [4.78, 5) is 12.4. The van der Waals surface area contributed by atoms with Gasteiger partial charge in [0.1, 0.15) is 28.4 Å². The van der Waals surface area contributed by atoms with Gasteiger partial charge in [-0.2, -0.15) is 4.57 Å². The summed E-state index contributed by atoms with van der Waals surface area (Å²) < 4.78 is 41.5. The lowest BCUT2D eigenvalue weighted by Gasteiger charge is -2.13. The first-order chi connectivity index (χ1) is 17.0. The lowest BCUT2D eigenvalue weighted by atomic mass is 10.1. The lowest BCUT2D eigenvalue weighted by Crippen LogP contribution is -2.38. The molecule has 1 heterocycles. The summed E-state index contributed by atoms with van der Waals surface area (Å²) in [5, 5.41) is 1.56. The molecule has 184 valence electrons. The first-order valence-corrected chi connectivity index (χ1v) is 12.0. The number of hydrogen-bond acceptors (Lipinski definition) is 7. The maximum atomic E-state index is 12.8. The number of aromatic nitrogens is 1. The van der Waals surface area contributed by atoms with Crippen molar-refractivity contribution in [3.63, 3.8) is 0 Å². The fraction of sp³-hybridized carbons (Fsp3) is 0.231. The van der Waals surface area contributed by atoms with E-state index in [2.05, 4.69) is 0 Å². The number of hydrogen-bond donors (Lipinski definition) is 0. The van der Waals surface area contributed by atoms with Gasteiger partial charge in [0.05, 0.1) is 34.0 Å². The van der Waals surface area contributed by atoms with Gasteiger partial charge in [-0.15, -0.1) is 0 Å². The molecule has 0 N–H and O–H groups in total. The van der Waals surface area contributed by atoms with Gasteiger partial charge >= 0.3 is 5.97 Å². The highest BCUT2D eigenvalue weighted by Gasteiger charge is 2.17. The molecule has 0 aliphatic rings. The molecule has 0 spiro atoms. The Kier molecular flexibility index (Phi) is 9.39. The fourth-order valence-electron chi connectivity index (χ4n) is 3.29. The lowest BCUT2D eigenvalue weighted by molar-refractivity contribution is -0.685. The van der Waals surface area contributed by atoms with E-state index in [0.29, 0.717) is 28.6 Å². The van der Waals surface area contributed by atoms with E-state index >= 15 is 0 Å². The van der Waals surface area contributed by atoms with E-state index in [1.807, 2.05) is 18.2 Å². The van der Waals surface area contributed by atoms with E-state index in [9.17, 15) is 9.35 Å². The zero-order valence-corrected chi connectivity index (χ0v) is 20.9. The molecule has 0 bridgehead atoms. The second-order valence-electron chi connectivity index (χ2n) is 7.28. The second kappa shape index (κ2) is 12.7. The van der Waals surface area contributed by atoms with Crippen LogP contribution in [0.1, 0.15) is 11.1 Å². The summed E-state index contributed by atoms with van der Waals surface area (Å²) in [5.41, 5.74) is 1.37. The number of benzene rings is 2. The van der Waals surface area contributed by atoms with E-state index in [1.165, 1.54) is 7.11 Å². The molecule has 3 rings (SSSR count).